The summed E-state index contributed by atoms with van der Waals surface area (Å²) in [5.41, 5.74) is 17.9. The Kier molecular flexibility index (Phi) is 10.9. The van der Waals surface area contributed by atoms with E-state index in [1.807, 2.05) is 12.3 Å². The van der Waals surface area contributed by atoms with Crippen molar-refractivity contribution < 1.29 is 5.11 Å². The molecule has 1 N–H and O–H groups in total. The summed E-state index contributed by atoms with van der Waals surface area (Å²) >= 11 is 0. The predicted octanol–water partition coefficient (Wildman–Crippen LogP) is 15.6. The lowest BCUT2D eigenvalue weighted by Crippen LogP contribution is -2.11. The molecule has 0 fully saturated rings. The molecule has 2 aromatic heterocycles. The molecule has 2 heterocycles. The number of phenolic OH excluding ortho intramolecular Hbond substituents is 1. The number of aromatic nitrogens is 3. The molecule has 0 amide bonds. The molecule has 0 saturated carbocycles. The fourth-order valence-corrected chi connectivity index (χ4v) is 8.37. The highest BCUT2D eigenvalue weighted by Gasteiger charge is 2.26. The van der Waals surface area contributed by atoms with Gasteiger partial charge in [-0.25, -0.2) is 4.98 Å². The molecular weight excluding hydrogens is 743 g/mol. The van der Waals surface area contributed by atoms with E-state index in [-0.39, 0.29) is 28.4 Å². The van der Waals surface area contributed by atoms with E-state index in [0.717, 1.165) is 72.5 Å². The van der Waals surface area contributed by atoms with E-state index >= 15 is 0 Å². The zero-order valence-electron chi connectivity index (χ0n) is 37.7. The number of fused-ring (bicyclic) bond motifs is 1. The average molecular weight is 802 g/mol. The van der Waals surface area contributed by atoms with Gasteiger partial charge in [0.05, 0.1) is 28.0 Å². The zero-order valence-corrected chi connectivity index (χ0v) is 37.7. The summed E-state index contributed by atoms with van der Waals surface area (Å²) in [4.78, 5) is 10.6. The quantitative estimate of drug-likeness (QED) is 0.166. The summed E-state index contributed by atoms with van der Waals surface area (Å²) in [6.45, 7) is 24.4. The lowest BCUT2D eigenvalue weighted by Gasteiger charge is -2.22. The number of rotatable bonds is 8. The SMILES string of the molecule is Cc1ccc(-n2c(-c3cc(C(C)C)cc(C(C)C)c3O)nc3c(-c4cc(-c5cc(-c6ccccc6)ccn5)cc(C(C)(C)C)c4)cccc32)c(-c2ccc(C(C)(C)C)cc2)c1. The third-order valence-electron chi connectivity index (χ3n) is 12.1. The number of imidazole rings is 1. The van der Waals surface area contributed by atoms with Crippen molar-refractivity contribution in [3.05, 3.63) is 167 Å². The number of phenols is 1. The van der Waals surface area contributed by atoms with E-state index < -0.39 is 0 Å². The molecule has 0 bridgehead atoms. The van der Waals surface area contributed by atoms with Crippen LogP contribution in [0.1, 0.15) is 109 Å². The molecule has 0 unspecified atom stereocenters. The van der Waals surface area contributed by atoms with Gasteiger partial charge in [0.2, 0.25) is 0 Å². The van der Waals surface area contributed by atoms with Crippen molar-refractivity contribution in [3.63, 3.8) is 0 Å². The van der Waals surface area contributed by atoms with E-state index in [1.165, 1.54) is 22.3 Å². The van der Waals surface area contributed by atoms with Crippen LogP contribution in [0.15, 0.2) is 140 Å². The Labute approximate surface area is 363 Å². The molecule has 308 valence electrons. The van der Waals surface area contributed by atoms with Gasteiger partial charge in [-0.1, -0.05) is 160 Å². The van der Waals surface area contributed by atoms with Crippen molar-refractivity contribution in [3.8, 4) is 67.5 Å². The smallest absolute Gasteiger partial charge is 0.149 e. The van der Waals surface area contributed by atoms with Crippen LogP contribution >= 0.6 is 0 Å². The lowest BCUT2D eigenvalue weighted by molar-refractivity contribution is 0.466. The number of hydrogen-bond donors (Lipinski definition) is 1. The van der Waals surface area contributed by atoms with Crippen LogP contribution in [0.2, 0.25) is 0 Å². The Balaban J connectivity index is 1.43. The number of nitrogens with zero attached hydrogens (tertiary/aromatic N) is 3. The maximum absolute atomic E-state index is 12.3. The van der Waals surface area contributed by atoms with E-state index in [0.29, 0.717) is 5.82 Å². The molecule has 8 aromatic rings. The second-order valence-corrected chi connectivity index (χ2v) is 19.5. The van der Waals surface area contributed by atoms with Crippen molar-refractivity contribution in [2.75, 3.05) is 0 Å². The van der Waals surface area contributed by atoms with Crippen molar-refractivity contribution in [1.82, 2.24) is 14.5 Å². The van der Waals surface area contributed by atoms with Gasteiger partial charge in [-0.15, -0.1) is 0 Å². The minimum absolute atomic E-state index is 0.0378. The van der Waals surface area contributed by atoms with Crippen molar-refractivity contribution in [1.29, 1.82) is 0 Å². The molecule has 0 radical (unpaired) electrons. The van der Waals surface area contributed by atoms with Gasteiger partial charge in [0, 0.05) is 22.9 Å². The van der Waals surface area contributed by atoms with Crippen molar-refractivity contribution >= 4 is 11.0 Å². The number of aromatic hydroxyl groups is 1. The molecule has 0 saturated heterocycles. The van der Waals surface area contributed by atoms with Crippen LogP contribution in [0.25, 0.3) is 72.7 Å². The van der Waals surface area contributed by atoms with Crippen LogP contribution in [-0.4, -0.2) is 19.6 Å². The van der Waals surface area contributed by atoms with E-state index in [4.69, 9.17) is 9.97 Å². The molecule has 4 nitrogen and oxygen atoms in total. The summed E-state index contributed by atoms with van der Waals surface area (Å²) in [5.74, 6) is 1.37. The van der Waals surface area contributed by atoms with E-state index in [9.17, 15) is 5.11 Å². The molecule has 6 aromatic carbocycles. The number of hydrogen-bond acceptors (Lipinski definition) is 3. The van der Waals surface area contributed by atoms with Crippen molar-refractivity contribution in [2.45, 2.75) is 98.8 Å². The maximum atomic E-state index is 12.3. The van der Waals surface area contributed by atoms with Gasteiger partial charge in [0.25, 0.3) is 0 Å². The van der Waals surface area contributed by atoms with Crippen LogP contribution in [0.5, 0.6) is 5.75 Å². The first kappa shape index (κ1) is 41.5. The van der Waals surface area contributed by atoms with Crippen LogP contribution < -0.4 is 0 Å². The zero-order chi connectivity index (χ0) is 43.4. The first-order valence-corrected chi connectivity index (χ1v) is 21.8. The second-order valence-electron chi connectivity index (χ2n) is 19.5. The number of para-hydroxylation sites is 1. The Bertz CT molecular complexity index is 2880. The summed E-state index contributed by atoms with van der Waals surface area (Å²) in [5, 5.41) is 12.3. The van der Waals surface area contributed by atoms with E-state index in [2.05, 4.69) is 208 Å². The Morgan fingerprint density at radius 3 is 1.92 bits per heavy atom. The molecule has 8 rings (SSSR count). The Morgan fingerprint density at radius 1 is 0.541 bits per heavy atom. The molecule has 4 heteroatoms. The number of aryl methyl sites for hydroxylation is 1. The van der Waals surface area contributed by atoms with Gasteiger partial charge in [-0.2, -0.15) is 0 Å². The normalized spacial score (nSPS) is 12.2. The number of benzene rings is 6. The second kappa shape index (κ2) is 16.0. The highest BCUT2D eigenvalue weighted by molar-refractivity contribution is 5.98. The lowest BCUT2D eigenvalue weighted by atomic mass is 9.83. The van der Waals surface area contributed by atoms with Gasteiger partial charge in [0.1, 0.15) is 11.6 Å². The third kappa shape index (κ3) is 8.16. The minimum Gasteiger partial charge on any atom is -0.507 e. The van der Waals surface area contributed by atoms with Crippen LogP contribution in [-0.2, 0) is 10.8 Å². The Morgan fingerprint density at radius 2 is 1.25 bits per heavy atom. The summed E-state index contributed by atoms with van der Waals surface area (Å²) in [6, 6.07) is 48.1. The molecule has 0 aliphatic rings. The maximum Gasteiger partial charge on any atom is 0.149 e. The summed E-state index contributed by atoms with van der Waals surface area (Å²) in [7, 11) is 0. The molecule has 0 aliphatic carbocycles. The Hall–Kier alpha value is -6.26. The van der Waals surface area contributed by atoms with Crippen LogP contribution in [0.3, 0.4) is 0 Å². The van der Waals surface area contributed by atoms with Gasteiger partial charge < -0.3 is 5.11 Å². The summed E-state index contributed by atoms with van der Waals surface area (Å²) in [6.07, 6.45) is 1.91. The molecular formula is C57H59N3O. The fourth-order valence-electron chi connectivity index (χ4n) is 8.37. The third-order valence-corrected chi connectivity index (χ3v) is 12.1. The predicted molar refractivity (Wildman–Crippen MR) is 258 cm³/mol. The van der Waals surface area contributed by atoms with Crippen LogP contribution in [0, 0.1) is 6.92 Å². The van der Waals surface area contributed by atoms with Crippen LogP contribution in [0.4, 0.5) is 0 Å². The first-order chi connectivity index (χ1) is 29.0. The van der Waals surface area contributed by atoms with E-state index in [1.54, 1.807) is 0 Å². The number of pyridine rings is 1. The standard InChI is InChI=1S/C57H59N3O/c1-35(2)41-32-47(36(3)4)54(61)49(33-41)55-59-53-46(42-29-43(31-45(30-42)57(9,10)11)50-34-40(26-27-58-50)38-16-13-12-14-17-38)18-15-19-52(53)60(55)51-25-20-37(5)28-48(51)39-21-23-44(24-22-39)56(6,7)8/h12-36,61H,1-11H3. The molecule has 0 spiro atoms. The van der Waals surface area contributed by atoms with Gasteiger partial charge in [0.15, 0.2) is 0 Å². The van der Waals surface area contributed by atoms with Gasteiger partial charge in [-0.05, 0) is 123 Å². The molecule has 0 atom stereocenters. The van der Waals surface area contributed by atoms with Gasteiger partial charge in [-0.3, -0.25) is 9.55 Å². The molecule has 61 heavy (non-hydrogen) atoms. The average Bonchev–Trinajstić information content (AvgIpc) is 3.62. The monoisotopic (exact) mass is 801 g/mol. The largest absolute Gasteiger partial charge is 0.507 e. The highest BCUT2D eigenvalue weighted by atomic mass is 16.3. The fraction of sp³-hybridized carbons (Fsp3) is 0.263. The topological polar surface area (TPSA) is 50.9 Å². The molecule has 0 aliphatic heterocycles. The minimum atomic E-state index is -0.129. The first-order valence-electron chi connectivity index (χ1n) is 21.8. The van der Waals surface area contributed by atoms with Crippen molar-refractivity contribution in [2.24, 2.45) is 0 Å². The highest BCUT2D eigenvalue weighted by Crippen LogP contribution is 2.44. The van der Waals surface area contributed by atoms with Gasteiger partial charge >= 0.3 is 0 Å². The summed E-state index contributed by atoms with van der Waals surface area (Å²) < 4.78 is 2.29.